The molecule has 0 fully saturated rings. The van der Waals surface area contributed by atoms with E-state index in [0.717, 1.165) is 11.1 Å². The number of carbonyl (C=O) groups excluding carboxylic acids is 2. The normalized spacial score (nSPS) is 26.8. The van der Waals surface area contributed by atoms with Crippen LogP contribution < -0.4 is 0 Å². The van der Waals surface area contributed by atoms with E-state index in [-0.39, 0.29) is 17.5 Å². The van der Waals surface area contributed by atoms with Gasteiger partial charge in [-0.25, -0.2) is 0 Å². The average molecular weight is 210 g/mol. The largest absolute Gasteiger partial charge is 0.294 e. The molecule has 0 heterocycles. The Morgan fingerprint density at radius 1 is 1.19 bits per heavy atom. The van der Waals surface area contributed by atoms with Crippen LogP contribution in [0.15, 0.2) is 59.3 Å². The van der Waals surface area contributed by atoms with Crippen LogP contribution in [0.3, 0.4) is 0 Å². The van der Waals surface area contributed by atoms with Gasteiger partial charge in [0.1, 0.15) is 0 Å². The molecule has 0 aromatic heterocycles. The van der Waals surface area contributed by atoms with E-state index in [0.29, 0.717) is 12.0 Å². The molecule has 0 saturated carbocycles. The van der Waals surface area contributed by atoms with Gasteiger partial charge in [-0.3, -0.25) is 9.59 Å². The second-order valence-electron chi connectivity index (χ2n) is 4.12. The highest BCUT2D eigenvalue weighted by atomic mass is 16.1. The summed E-state index contributed by atoms with van der Waals surface area (Å²) < 4.78 is 0. The number of Topliss-reactive ketones (excluding diaryl/α,β-unsaturated/α-hetero) is 1. The van der Waals surface area contributed by atoms with Gasteiger partial charge in [0, 0.05) is 12.0 Å². The van der Waals surface area contributed by atoms with Crippen molar-refractivity contribution in [2.45, 2.75) is 6.42 Å². The molecule has 3 rings (SSSR count). The Labute approximate surface area is 93.3 Å². The van der Waals surface area contributed by atoms with Crippen LogP contribution in [-0.4, -0.2) is 11.6 Å². The monoisotopic (exact) mass is 210 g/mol. The fourth-order valence-corrected chi connectivity index (χ4v) is 2.26. The molecule has 0 bridgehead atoms. The molecule has 2 nitrogen and oxygen atoms in total. The standard InChI is InChI=1S/C14H10O2/c15-13-5-1-3-9-7-10-4-2-6-14(16)12(10)8-11(9)13/h1-5,7-8,11H,6H2. The second kappa shape index (κ2) is 3.27. The highest BCUT2D eigenvalue weighted by Gasteiger charge is 2.28. The van der Waals surface area contributed by atoms with Gasteiger partial charge in [-0.15, -0.1) is 0 Å². The van der Waals surface area contributed by atoms with Crippen molar-refractivity contribution in [3.8, 4) is 0 Å². The average Bonchev–Trinajstić information content (AvgIpc) is 2.28. The van der Waals surface area contributed by atoms with E-state index in [9.17, 15) is 9.59 Å². The first-order valence-corrected chi connectivity index (χ1v) is 5.31. The summed E-state index contributed by atoms with van der Waals surface area (Å²) in [7, 11) is 0. The van der Waals surface area contributed by atoms with Crippen LogP contribution in [0, 0.1) is 5.92 Å². The van der Waals surface area contributed by atoms with Crippen LogP contribution in [0.2, 0.25) is 0 Å². The summed E-state index contributed by atoms with van der Waals surface area (Å²) in [6.45, 7) is 0. The number of hydrogen-bond acceptors (Lipinski definition) is 2. The van der Waals surface area contributed by atoms with Crippen LogP contribution in [0.4, 0.5) is 0 Å². The molecule has 0 N–H and O–H groups in total. The van der Waals surface area contributed by atoms with Crippen LogP contribution >= 0.6 is 0 Å². The highest BCUT2D eigenvalue weighted by Crippen LogP contribution is 2.33. The van der Waals surface area contributed by atoms with Crippen molar-refractivity contribution >= 4 is 11.6 Å². The molecule has 0 amide bonds. The fourth-order valence-electron chi connectivity index (χ4n) is 2.26. The van der Waals surface area contributed by atoms with Gasteiger partial charge in [0.25, 0.3) is 0 Å². The van der Waals surface area contributed by atoms with Gasteiger partial charge in [0.05, 0.1) is 5.92 Å². The lowest BCUT2D eigenvalue weighted by molar-refractivity contribution is -0.116. The number of allylic oxidation sites excluding steroid dienone is 10. The zero-order valence-corrected chi connectivity index (χ0v) is 8.64. The van der Waals surface area contributed by atoms with E-state index in [1.807, 2.05) is 24.3 Å². The Morgan fingerprint density at radius 2 is 2.06 bits per heavy atom. The molecular formula is C14H10O2. The summed E-state index contributed by atoms with van der Waals surface area (Å²) in [6, 6.07) is 0. The molecule has 0 aliphatic heterocycles. The van der Waals surface area contributed by atoms with Crippen LogP contribution in [-0.2, 0) is 9.59 Å². The van der Waals surface area contributed by atoms with Crippen molar-refractivity contribution in [2.24, 2.45) is 5.92 Å². The quantitative estimate of drug-likeness (QED) is 0.613. The maximum atomic E-state index is 11.7. The fraction of sp³-hybridized carbons (Fsp3) is 0.143. The smallest absolute Gasteiger partial charge is 0.166 e. The third-order valence-electron chi connectivity index (χ3n) is 3.08. The lowest BCUT2D eigenvalue weighted by Gasteiger charge is -2.24. The van der Waals surface area contributed by atoms with Crippen molar-refractivity contribution in [3.05, 3.63) is 59.3 Å². The molecule has 0 radical (unpaired) electrons. The van der Waals surface area contributed by atoms with E-state index in [1.54, 1.807) is 18.2 Å². The zero-order valence-electron chi connectivity index (χ0n) is 8.64. The molecular weight excluding hydrogens is 200 g/mol. The molecule has 78 valence electrons. The first kappa shape index (κ1) is 9.28. The SMILES string of the molecule is O=C1CC=CC2=CC3=CC=CC(=O)C3C=C12. The second-order valence-corrected chi connectivity index (χ2v) is 4.12. The van der Waals surface area contributed by atoms with Crippen molar-refractivity contribution in [1.82, 2.24) is 0 Å². The van der Waals surface area contributed by atoms with Crippen molar-refractivity contribution in [1.29, 1.82) is 0 Å². The maximum Gasteiger partial charge on any atom is 0.166 e. The third-order valence-corrected chi connectivity index (χ3v) is 3.08. The van der Waals surface area contributed by atoms with Gasteiger partial charge in [-0.2, -0.15) is 0 Å². The van der Waals surface area contributed by atoms with Gasteiger partial charge in [0.15, 0.2) is 11.6 Å². The number of ketones is 2. The Kier molecular flexibility index (Phi) is 1.90. The van der Waals surface area contributed by atoms with Crippen LogP contribution in [0.25, 0.3) is 0 Å². The first-order chi connectivity index (χ1) is 7.75. The molecule has 3 aliphatic rings. The van der Waals surface area contributed by atoms with E-state index in [4.69, 9.17) is 0 Å². The summed E-state index contributed by atoms with van der Waals surface area (Å²) >= 11 is 0. The van der Waals surface area contributed by atoms with Gasteiger partial charge < -0.3 is 0 Å². The molecule has 3 aliphatic carbocycles. The predicted octanol–water partition coefficient (Wildman–Crippen LogP) is 2.06. The summed E-state index contributed by atoms with van der Waals surface area (Å²) in [4.78, 5) is 23.4. The Morgan fingerprint density at radius 3 is 2.94 bits per heavy atom. The van der Waals surface area contributed by atoms with Gasteiger partial charge >= 0.3 is 0 Å². The summed E-state index contributed by atoms with van der Waals surface area (Å²) in [6.07, 6.45) is 13.3. The molecule has 0 spiro atoms. The predicted molar refractivity (Wildman–Crippen MR) is 60.7 cm³/mol. The number of rotatable bonds is 0. The Balaban J connectivity index is 2.14. The lowest BCUT2D eigenvalue weighted by atomic mass is 9.78. The molecule has 1 atom stereocenters. The molecule has 0 saturated heterocycles. The van der Waals surface area contributed by atoms with Crippen LogP contribution in [0.5, 0.6) is 0 Å². The molecule has 16 heavy (non-hydrogen) atoms. The Bertz CT molecular complexity index is 539. The summed E-state index contributed by atoms with van der Waals surface area (Å²) in [5, 5.41) is 0. The van der Waals surface area contributed by atoms with E-state index in [1.165, 1.54) is 0 Å². The number of fused-ring (bicyclic) bond motifs is 2. The molecule has 1 unspecified atom stereocenters. The molecule has 2 heteroatoms. The minimum absolute atomic E-state index is 0.0580. The van der Waals surface area contributed by atoms with Gasteiger partial charge in [-0.1, -0.05) is 30.4 Å². The minimum atomic E-state index is -0.251. The topological polar surface area (TPSA) is 34.1 Å². The van der Waals surface area contributed by atoms with Crippen LogP contribution in [0.1, 0.15) is 6.42 Å². The third kappa shape index (κ3) is 1.27. The molecule has 0 aromatic rings. The Hall–Kier alpha value is -1.96. The van der Waals surface area contributed by atoms with Crippen molar-refractivity contribution in [2.75, 3.05) is 0 Å². The summed E-state index contributed by atoms with van der Waals surface area (Å²) in [5.41, 5.74) is 2.61. The minimum Gasteiger partial charge on any atom is -0.294 e. The molecule has 0 aromatic carbocycles. The maximum absolute atomic E-state index is 11.7. The van der Waals surface area contributed by atoms with E-state index in [2.05, 4.69) is 0 Å². The van der Waals surface area contributed by atoms with Crippen molar-refractivity contribution in [3.63, 3.8) is 0 Å². The number of hydrogen-bond donors (Lipinski definition) is 0. The zero-order chi connectivity index (χ0) is 11.1. The van der Waals surface area contributed by atoms with E-state index < -0.39 is 0 Å². The summed E-state index contributed by atoms with van der Waals surface area (Å²) in [5.74, 6) is -0.0861. The van der Waals surface area contributed by atoms with Crippen molar-refractivity contribution < 1.29 is 9.59 Å². The highest BCUT2D eigenvalue weighted by molar-refractivity contribution is 6.06. The van der Waals surface area contributed by atoms with E-state index >= 15 is 0 Å². The first-order valence-electron chi connectivity index (χ1n) is 5.31. The van der Waals surface area contributed by atoms with Gasteiger partial charge in [0.2, 0.25) is 0 Å². The lowest BCUT2D eigenvalue weighted by Crippen LogP contribution is -2.21. The number of carbonyl (C=O) groups is 2. The van der Waals surface area contributed by atoms with Gasteiger partial charge in [-0.05, 0) is 23.3 Å².